The summed E-state index contributed by atoms with van der Waals surface area (Å²) < 4.78 is 5.07. The van der Waals surface area contributed by atoms with Gasteiger partial charge in [0.05, 0.1) is 29.0 Å². The van der Waals surface area contributed by atoms with Gasteiger partial charge in [0.15, 0.2) is 5.75 Å². The lowest BCUT2D eigenvalue weighted by Crippen LogP contribution is -2.40. The second-order valence-corrected chi connectivity index (χ2v) is 9.38. The first-order chi connectivity index (χ1) is 16.9. The van der Waals surface area contributed by atoms with E-state index in [0.29, 0.717) is 61.8 Å². The van der Waals surface area contributed by atoms with E-state index in [9.17, 15) is 19.7 Å². The highest BCUT2D eigenvalue weighted by Gasteiger charge is 2.30. The quantitative estimate of drug-likeness (QED) is 0.181. The predicted molar refractivity (Wildman–Crippen MR) is 129 cm³/mol. The van der Waals surface area contributed by atoms with E-state index in [1.54, 1.807) is 30.0 Å². The molecule has 9 nitrogen and oxygen atoms in total. The molecule has 10 heteroatoms. The standard InChI is InChI=1S/C25H26N2O7S/c1-3-32-25(29)17-8-11-26(12-9-17)24(28)16(2)18-4-7-23(21(15-18)27(30)31)35-20-5-6-22-19(14-20)10-13-33-34-22/h4-7,14-15,17H,2-3,8-13H2,1H3. The summed E-state index contributed by atoms with van der Waals surface area (Å²) in [6.45, 7) is 7.27. The minimum Gasteiger partial charge on any atom is -0.466 e. The first kappa shape index (κ1) is 24.7. The molecule has 0 radical (unpaired) electrons. The van der Waals surface area contributed by atoms with Crippen molar-refractivity contribution in [2.75, 3.05) is 26.3 Å². The van der Waals surface area contributed by atoms with Crippen molar-refractivity contribution in [3.05, 3.63) is 64.2 Å². The molecule has 0 unspecified atom stereocenters. The van der Waals surface area contributed by atoms with Crippen LogP contribution in [0.15, 0.2) is 52.8 Å². The number of esters is 1. The molecule has 0 atom stereocenters. The maximum Gasteiger partial charge on any atom is 0.309 e. The Morgan fingerprint density at radius 3 is 2.71 bits per heavy atom. The van der Waals surface area contributed by atoms with Gasteiger partial charge in [-0.3, -0.25) is 19.7 Å². The van der Waals surface area contributed by atoms with Gasteiger partial charge in [-0.05, 0) is 49.6 Å². The number of nitro benzene ring substituents is 1. The Morgan fingerprint density at radius 1 is 1.23 bits per heavy atom. The van der Waals surface area contributed by atoms with E-state index in [0.717, 1.165) is 10.5 Å². The molecule has 0 aromatic heterocycles. The molecule has 1 saturated heterocycles. The molecule has 184 valence electrons. The molecule has 1 fully saturated rings. The number of rotatable bonds is 7. The number of fused-ring (bicyclic) bond motifs is 1. The van der Waals surface area contributed by atoms with E-state index in [1.807, 2.05) is 12.1 Å². The molecule has 0 saturated carbocycles. The minimum absolute atomic E-state index is 0.0974. The predicted octanol–water partition coefficient (Wildman–Crippen LogP) is 4.43. The van der Waals surface area contributed by atoms with Crippen LogP contribution in [-0.4, -0.2) is 48.0 Å². The highest BCUT2D eigenvalue weighted by Crippen LogP contribution is 2.38. The summed E-state index contributed by atoms with van der Waals surface area (Å²) in [5.74, 6) is -0.0975. The zero-order valence-corrected chi connectivity index (χ0v) is 20.2. The van der Waals surface area contributed by atoms with Gasteiger partial charge < -0.3 is 14.5 Å². The minimum atomic E-state index is -0.455. The zero-order valence-electron chi connectivity index (χ0n) is 19.4. The Morgan fingerprint density at radius 2 is 2.00 bits per heavy atom. The molecule has 2 aliphatic heterocycles. The van der Waals surface area contributed by atoms with Crippen molar-refractivity contribution in [1.29, 1.82) is 0 Å². The van der Waals surface area contributed by atoms with Crippen molar-refractivity contribution in [2.45, 2.75) is 36.0 Å². The Labute approximate surface area is 207 Å². The molecule has 2 aromatic carbocycles. The first-order valence-electron chi connectivity index (χ1n) is 11.4. The van der Waals surface area contributed by atoms with E-state index >= 15 is 0 Å². The van der Waals surface area contributed by atoms with Gasteiger partial charge in [-0.15, -0.1) is 0 Å². The second-order valence-electron chi connectivity index (χ2n) is 8.26. The van der Waals surface area contributed by atoms with Crippen molar-refractivity contribution >= 4 is 34.9 Å². The Bertz CT molecular complexity index is 1160. The number of nitrogens with zero attached hydrogens (tertiary/aromatic N) is 2. The summed E-state index contributed by atoms with van der Waals surface area (Å²) in [6.07, 6.45) is 1.74. The van der Waals surface area contributed by atoms with E-state index in [1.165, 1.54) is 17.8 Å². The van der Waals surface area contributed by atoms with E-state index in [-0.39, 0.29) is 29.1 Å². The molecule has 35 heavy (non-hydrogen) atoms. The average Bonchev–Trinajstić information content (AvgIpc) is 2.88. The van der Waals surface area contributed by atoms with Crippen molar-refractivity contribution in [2.24, 2.45) is 5.92 Å². The number of piperidine rings is 1. The molecule has 2 heterocycles. The van der Waals surface area contributed by atoms with Crippen LogP contribution in [0.2, 0.25) is 0 Å². The number of nitro groups is 1. The molecular weight excluding hydrogens is 472 g/mol. The largest absolute Gasteiger partial charge is 0.466 e. The molecule has 1 amide bonds. The van der Waals surface area contributed by atoms with Gasteiger partial charge >= 0.3 is 5.97 Å². The number of amides is 1. The lowest BCUT2D eigenvalue weighted by molar-refractivity contribution is -0.387. The summed E-state index contributed by atoms with van der Waals surface area (Å²) in [5, 5.41) is 11.8. The molecule has 2 aromatic rings. The number of carbonyl (C=O) groups is 2. The third-order valence-corrected chi connectivity index (χ3v) is 7.08. The summed E-state index contributed by atoms with van der Waals surface area (Å²) >= 11 is 1.27. The highest BCUT2D eigenvalue weighted by atomic mass is 32.2. The maximum atomic E-state index is 13.0. The maximum absolute atomic E-state index is 13.0. The van der Waals surface area contributed by atoms with Crippen LogP contribution in [0.1, 0.15) is 30.9 Å². The van der Waals surface area contributed by atoms with Crippen LogP contribution in [0.4, 0.5) is 5.69 Å². The van der Waals surface area contributed by atoms with Crippen molar-refractivity contribution in [3.8, 4) is 5.75 Å². The van der Waals surface area contributed by atoms with Crippen LogP contribution >= 0.6 is 11.8 Å². The number of ether oxygens (including phenoxy) is 1. The fraction of sp³-hybridized carbons (Fsp3) is 0.360. The lowest BCUT2D eigenvalue weighted by atomic mass is 9.96. The topological polar surface area (TPSA) is 108 Å². The van der Waals surface area contributed by atoms with Crippen LogP contribution in [0, 0.1) is 16.0 Å². The van der Waals surface area contributed by atoms with Gasteiger partial charge in [-0.25, -0.2) is 0 Å². The van der Waals surface area contributed by atoms with Gasteiger partial charge in [0.25, 0.3) is 11.6 Å². The molecule has 0 N–H and O–H groups in total. The van der Waals surface area contributed by atoms with E-state index < -0.39 is 4.92 Å². The van der Waals surface area contributed by atoms with Crippen LogP contribution in [0.25, 0.3) is 5.57 Å². The number of hydrogen-bond acceptors (Lipinski definition) is 8. The van der Waals surface area contributed by atoms with Gasteiger partial charge in [0, 0.05) is 41.6 Å². The van der Waals surface area contributed by atoms with Crippen LogP contribution in [0.5, 0.6) is 5.75 Å². The van der Waals surface area contributed by atoms with Crippen molar-refractivity contribution < 1.29 is 29.0 Å². The highest BCUT2D eigenvalue weighted by molar-refractivity contribution is 7.99. The number of likely N-dealkylation sites (tertiary alicyclic amines) is 1. The molecule has 0 aliphatic carbocycles. The Kier molecular flexibility index (Phi) is 7.72. The van der Waals surface area contributed by atoms with Gasteiger partial charge in [-0.1, -0.05) is 24.4 Å². The number of carbonyl (C=O) groups excluding carboxylic acids is 2. The number of hydrogen-bond donors (Lipinski definition) is 0. The zero-order chi connectivity index (χ0) is 24.9. The fourth-order valence-corrected chi connectivity index (χ4v) is 5.07. The third-order valence-electron chi connectivity index (χ3n) is 6.03. The lowest BCUT2D eigenvalue weighted by Gasteiger charge is -2.31. The van der Waals surface area contributed by atoms with Crippen molar-refractivity contribution in [1.82, 2.24) is 4.90 Å². The van der Waals surface area contributed by atoms with Crippen molar-refractivity contribution in [3.63, 3.8) is 0 Å². The molecule has 4 rings (SSSR count). The van der Waals surface area contributed by atoms with Gasteiger partial charge in [0.1, 0.15) is 0 Å². The number of benzene rings is 2. The molecular formula is C25H26N2O7S. The van der Waals surface area contributed by atoms with Crippen LogP contribution in [0.3, 0.4) is 0 Å². The van der Waals surface area contributed by atoms with Crippen LogP contribution in [-0.2, 0) is 25.6 Å². The summed E-state index contributed by atoms with van der Waals surface area (Å²) in [6, 6.07) is 10.2. The summed E-state index contributed by atoms with van der Waals surface area (Å²) in [5.41, 5.74) is 1.46. The summed E-state index contributed by atoms with van der Waals surface area (Å²) in [7, 11) is 0. The molecule has 0 spiro atoms. The van der Waals surface area contributed by atoms with E-state index in [2.05, 4.69) is 6.58 Å². The monoisotopic (exact) mass is 498 g/mol. The molecule has 2 aliphatic rings. The average molecular weight is 499 g/mol. The Hall–Kier alpha value is -3.37. The third kappa shape index (κ3) is 5.66. The second kappa shape index (κ2) is 10.9. The fourth-order valence-electron chi connectivity index (χ4n) is 4.11. The molecule has 0 bridgehead atoms. The van der Waals surface area contributed by atoms with E-state index in [4.69, 9.17) is 14.5 Å². The Balaban J connectivity index is 1.46. The smallest absolute Gasteiger partial charge is 0.309 e. The normalized spacial score (nSPS) is 15.6. The van der Waals surface area contributed by atoms with Crippen LogP contribution < -0.4 is 4.89 Å². The van der Waals surface area contributed by atoms with Gasteiger partial charge in [0.2, 0.25) is 0 Å². The SMILES string of the molecule is C=C(C(=O)N1CCC(C(=O)OCC)CC1)c1ccc(Sc2ccc3c(c2)CCOO3)c([N+](=O)[O-])c1. The van der Waals surface area contributed by atoms with Gasteiger partial charge in [-0.2, -0.15) is 4.89 Å². The first-order valence-corrected chi connectivity index (χ1v) is 12.2. The summed E-state index contributed by atoms with van der Waals surface area (Å²) in [4.78, 5) is 49.4.